The third-order valence-electron chi connectivity index (χ3n) is 5.98. The number of benzene rings is 2. The summed E-state index contributed by atoms with van der Waals surface area (Å²) in [5.41, 5.74) is 2.00. The maximum atomic E-state index is 13.2. The fourth-order valence-electron chi connectivity index (χ4n) is 4.39. The molecule has 1 atom stereocenters. The highest BCUT2D eigenvalue weighted by Crippen LogP contribution is 2.38. The Balaban J connectivity index is 1.30. The Kier molecular flexibility index (Phi) is 6.78. The average molecular weight is 497 g/mol. The maximum absolute atomic E-state index is 13.2. The molecule has 1 amide bonds. The zero-order valence-corrected chi connectivity index (χ0v) is 20.2. The van der Waals surface area contributed by atoms with Crippen molar-refractivity contribution in [3.63, 3.8) is 0 Å². The van der Waals surface area contributed by atoms with Crippen LogP contribution in [0.4, 0.5) is 0 Å². The summed E-state index contributed by atoms with van der Waals surface area (Å²) in [5, 5.41) is 10.1. The van der Waals surface area contributed by atoms with E-state index in [1.807, 2.05) is 51.9 Å². The summed E-state index contributed by atoms with van der Waals surface area (Å²) in [5.74, 6) is 2.62. The number of allylic oxidation sites excluding steroid dienone is 1. The molecule has 0 radical (unpaired) electrons. The van der Waals surface area contributed by atoms with Crippen molar-refractivity contribution in [1.29, 1.82) is 0 Å². The first-order valence-corrected chi connectivity index (χ1v) is 12.6. The molecule has 1 saturated heterocycles. The standard InChI is InChI=1S/C25H25ClN4O3S/c1-2-11-30-24(17-5-8-19(26)9-6-17)27-28-25(30)34-16-23(31)29-12-3-4-20(29)18-7-10-21-22(15-18)33-14-13-32-21/h2,5-10,15,20H,1,3-4,11-14,16H2/t20-/m0/s1. The van der Waals surface area contributed by atoms with Crippen LogP contribution in [-0.2, 0) is 11.3 Å². The largest absolute Gasteiger partial charge is 0.486 e. The number of carbonyl (C=O) groups is 1. The number of likely N-dealkylation sites (tertiary alicyclic amines) is 1. The SMILES string of the molecule is C=CCn1c(SCC(=O)N2CCC[C@H]2c2ccc3c(c2)OCCO3)nnc1-c1ccc(Cl)cc1. The van der Waals surface area contributed by atoms with Crippen LogP contribution in [0.15, 0.2) is 60.3 Å². The first-order valence-electron chi connectivity index (χ1n) is 11.3. The van der Waals surface area contributed by atoms with E-state index < -0.39 is 0 Å². The van der Waals surface area contributed by atoms with E-state index in [0.717, 1.165) is 47.8 Å². The van der Waals surface area contributed by atoms with E-state index >= 15 is 0 Å². The van der Waals surface area contributed by atoms with Gasteiger partial charge in [-0.3, -0.25) is 9.36 Å². The molecule has 0 unspecified atom stereocenters. The lowest BCUT2D eigenvalue weighted by Crippen LogP contribution is -2.32. The number of rotatable bonds is 7. The van der Waals surface area contributed by atoms with Crippen LogP contribution in [0.2, 0.25) is 5.02 Å². The van der Waals surface area contributed by atoms with Crippen molar-refractivity contribution in [2.75, 3.05) is 25.5 Å². The Morgan fingerprint density at radius 1 is 1.15 bits per heavy atom. The molecule has 7 nitrogen and oxygen atoms in total. The minimum Gasteiger partial charge on any atom is -0.486 e. The predicted octanol–water partition coefficient (Wildman–Crippen LogP) is 5.01. The molecule has 9 heteroatoms. The van der Waals surface area contributed by atoms with Crippen molar-refractivity contribution in [1.82, 2.24) is 19.7 Å². The molecule has 3 aromatic rings. The molecule has 5 rings (SSSR count). The molecule has 2 aromatic carbocycles. The van der Waals surface area contributed by atoms with Gasteiger partial charge >= 0.3 is 0 Å². The Labute approximate surface area is 207 Å². The number of halogens is 1. The lowest BCUT2D eigenvalue weighted by atomic mass is 10.0. The van der Waals surface area contributed by atoms with Crippen LogP contribution in [0.1, 0.15) is 24.4 Å². The van der Waals surface area contributed by atoms with Crippen LogP contribution >= 0.6 is 23.4 Å². The predicted molar refractivity (Wildman–Crippen MR) is 133 cm³/mol. The number of aromatic nitrogens is 3. The summed E-state index contributed by atoms with van der Waals surface area (Å²) in [6.45, 7) is 6.26. The van der Waals surface area contributed by atoms with Gasteiger partial charge in [-0.15, -0.1) is 16.8 Å². The van der Waals surface area contributed by atoms with Crippen molar-refractivity contribution in [2.45, 2.75) is 30.6 Å². The number of fused-ring (bicyclic) bond motifs is 1. The van der Waals surface area contributed by atoms with E-state index in [0.29, 0.717) is 29.9 Å². The molecule has 0 spiro atoms. The third-order valence-corrected chi connectivity index (χ3v) is 7.18. The van der Waals surface area contributed by atoms with Gasteiger partial charge in [0.2, 0.25) is 5.91 Å². The topological polar surface area (TPSA) is 69.5 Å². The van der Waals surface area contributed by atoms with Gasteiger partial charge in [-0.25, -0.2) is 0 Å². The monoisotopic (exact) mass is 496 g/mol. The highest BCUT2D eigenvalue weighted by molar-refractivity contribution is 7.99. The first-order chi connectivity index (χ1) is 16.6. The number of hydrogen-bond donors (Lipinski definition) is 0. The Hall–Kier alpha value is -2.97. The average Bonchev–Trinajstić information content (AvgIpc) is 3.51. The van der Waals surface area contributed by atoms with Gasteiger partial charge in [0.1, 0.15) is 13.2 Å². The molecule has 2 aliphatic heterocycles. The fourth-order valence-corrected chi connectivity index (χ4v) is 5.35. The van der Waals surface area contributed by atoms with Crippen LogP contribution in [0.25, 0.3) is 11.4 Å². The molecule has 0 bridgehead atoms. The van der Waals surface area contributed by atoms with E-state index in [1.54, 1.807) is 6.08 Å². The molecule has 34 heavy (non-hydrogen) atoms. The van der Waals surface area contributed by atoms with E-state index in [-0.39, 0.29) is 17.7 Å². The van der Waals surface area contributed by atoms with Crippen molar-refractivity contribution >= 4 is 29.3 Å². The number of hydrogen-bond acceptors (Lipinski definition) is 6. The summed E-state index contributed by atoms with van der Waals surface area (Å²) in [6, 6.07) is 13.5. The summed E-state index contributed by atoms with van der Waals surface area (Å²) >= 11 is 7.42. The third kappa shape index (κ3) is 4.65. The molecule has 2 aliphatic rings. The minimum absolute atomic E-state index is 0.0413. The molecule has 0 aliphatic carbocycles. The van der Waals surface area contributed by atoms with Gasteiger partial charge in [0, 0.05) is 23.7 Å². The van der Waals surface area contributed by atoms with Crippen LogP contribution in [-0.4, -0.2) is 51.1 Å². The van der Waals surface area contributed by atoms with Gasteiger partial charge in [-0.1, -0.05) is 35.5 Å². The van der Waals surface area contributed by atoms with Crippen molar-refractivity contribution in [3.05, 3.63) is 65.7 Å². The number of nitrogens with zero attached hydrogens (tertiary/aromatic N) is 4. The number of thioether (sulfide) groups is 1. The molecule has 176 valence electrons. The van der Waals surface area contributed by atoms with Gasteiger partial charge in [0.15, 0.2) is 22.5 Å². The van der Waals surface area contributed by atoms with Gasteiger partial charge in [-0.05, 0) is 54.8 Å². The van der Waals surface area contributed by atoms with Gasteiger partial charge in [0.05, 0.1) is 11.8 Å². The summed E-state index contributed by atoms with van der Waals surface area (Å²) in [4.78, 5) is 15.2. The highest BCUT2D eigenvalue weighted by atomic mass is 35.5. The second kappa shape index (κ2) is 10.1. The highest BCUT2D eigenvalue weighted by Gasteiger charge is 2.31. The summed E-state index contributed by atoms with van der Waals surface area (Å²) < 4.78 is 13.3. The van der Waals surface area contributed by atoms with Crippen LogP contribution in [0.5, 0.6) is 11.5 Å². The van der Waals surface area contributed by atoms with Crippen molar-refractivity contribution < 1.29 is 14.3 Å². The molecule has 0 N–H and O–H groups in total. The van der Waals surface area contributed by atoms with Crippen LogP contribution in [0, 0.1) is 0 Å². The van der Waals surface area contributed by atoms with Crippen LogP contribution < -0.4 is 9.47 Å². The van der Waals surface area contributed by atoms with E-state index in [9.17, 15) is 4.79 Å². The van der Waals surface area contributed by atoms with Gasteiger partial charge in [0.25, 0.3) is 0 Å². The molecule has 0 saturated carbocycles. The minimum atomic E-state index is 0.0413. The summed E-state index contributed by atoms with van der Waals surface area (Å²) in [7, 11) is 0. The smallest absolute Gasteiger partial charge is 0.233 e. The van der Waals surface area contributed by atoms with Crippen molar-refractivity contribution in [2.24, 2.45) is 0 Å². The zero-order chi connectivity index (χ0) is 23.5. The lowest BCUT2D eigenvalue weighted by molar-refractivity contribution is -0.129. The zero-order valence-electron chi connectivity index (χ0n) is 18.7. The normalized spacial score (nSPS) is 17.1. The lowest BCUT2D eigenvalue weighted by Gasteiger charge is -2.26. The number of ether oxygens (including phenoxy) is 2. The maximum Gasteiger partial charge on any atom is 0.233 e. The molecule has 3 heterocycles. The molecule has 1 aromatic heterocycles. The second-order valence-corrected chi connectivity index (χ2v) is 9.53. The fraction of sp³-hybridized carbons (Fsp3) is 0.320. The Bertz CT molecular complexity index is 1200. The van der Waals surface area contributed by atoms with Crippen LogP contribution in [0.3, 0.4) is 0 Å². The molecular formula is C25H25ClN4O3S. The number of carbonyl (C=O) groups excluding carboxylic acids is 1. The van der Waals surface area contributed by atoms with Crippen molar-refractivity contribution in [3.8, 4) is 22.9 Å². The van der Waals surface area contributed by atoms with E-state index in [1.165, 1.54) is 11.8 Å². The van der Waals surface area contributed by atoms with Gasteiger partial charge < -0.3 is 14.4 Å². The quantitative estimate of drug-likeness (QED) is 0.338. The second-order valence-electron chi connectivity index (χ2n) is 8.15. The Morgan fingerprint density at radius 2 is 1.94 bits per heavy atom. The number of amides is 1. The Morgan fingerprint density at radius 3 is 2.74 bits per heavy atom. The molecule has 1 fully saturated rings. The summed E-state index contributed by atoms with van der Waals surface area (Å²) in [6.07, 6.45) is 3.71. The van der Waals surface area contributed by atoms with E-state index in [2.05, 4.69) is 16.8 Å². The van der Waals surface area contributed by atoms with Gasteiger partial charge in [-0.2, -0.15) is 0 Å². The molecular weight excluding hydrogens is 472 g/mol. The van der Waals surface area contributed by atoms with E-state index in [4.69, 9.17) is 21.1 Å². The first kappa shape index (κ1) is 22.8.